The van der Waals surface area contributed by atoms with Crippen molar-refractivity contribution in [1.29, 1.82) is 0 Å². The second-order valence-corrected chi connectivity index (χ2v) is 3.96. The van der Waals surface area contributed by atoms with E-state index in [9.17, 15) is 5.11 Å². The fourth-order valence-corrected chi connectivity index (χ4v) is 2.08. The fraction of sp³-hybridized carbons (Fsp3) is 0.455. The summed E-state index contributed by atoms with van der Waals surface area (Å²) in [5.74, 6) is 0.888. The third kappa shape index (κ3) is 1.31. The summed E-state index contributed by atoms with van der Waals surface area (Å²) in [6, 6.07) is 3.78. The van der Waals surface area contributed by atoms with Crippen molar-refractivity contribution in [2.24, 2.45) is 0 Å². The van der Waals surface area contributed by atoms with E-state index in [1.54, 1.807) is 6.26 Å². The third-order valence-electron chi connectivity index (χ3n) is 2.74. The van der Waals surface area contributed by atoms with Gasteiger partial charge in [0.2, 0.25) is 0 Å². The van der Waals surface area contributed by atoms with Crippen LogP contribution in [0.25, 0.3) is 0 Å². The average Bonchev–Trinajstić information content (AvgIpc) is 2.60. The molecule has 2 nitrogen and oxygen atoms in total. The summed E-state index contributed by atoms with van der Waals surface area (Å²) in [5, 5.41) is 10.1. The quantitative estimate of drug-likeness (QED) is 0.670. The zero-order chi connectivity index (χ0) is 9.47. The lowest BCUT2D eigenvalue weighted by Crippen LogP contribution is -2.28. The lowest BCUT2D eigenvalue weighted by molar-refractivity contribution is 0.0484. The van der Waals surface area contributed by atoms with Crippen LogP contribution in [0.1, 0.15) is 31.9 Å². The van der Waals surface area contributed by atoms with Gasteiger partial charge in [0.15, 0.2) is 0 Å². The van der Waals surface area contributed by atoms with Crippen molar-refractivity contribution in [1.82, 2.24) is 0 Å². The molecule has 0 fully saturated rings. The summed E-state index contributed by atoms with van der Waals surface area (Å²) < 4.78 is 5.32. The van der Waals surface area contributed by atoms with Crippen molar-refractivity contribution in [3.05, 3.63) is 35.8 Å². The maximum Gasteiger partial charge on any atom is 0.113 e. The summed E-state index contributed by atoms with van der Waals surface area (Å²) in [5.41, 5.74) is 0.516. The van der Waals surface area contributed by atoms with Gasteiger partial charge in [0.1, 0.15) is 5.76 Å². The van der Waals surface area contributed by atoms with Crippen LogP contribution in [-0.2, 0) is 0 Å². The highest BCUT2D eigenvalue weighted by molar-refractivity contribution is 5.30. The van der Waals surface area contributed by atoms with Gasteiger partial charge in [-0.2, -0.15) is 0 Å². The summed E-state index contributed by atoms with van der Waals surface area (Å²) in [6.07, 6.45) is 4.44. The Morgan fingerprint density at radius 2 is 2.38 bits per heavy atom. The van der Waals surface area contributed by atoms with E-state index in [2.05, 4.69) is 6.08 Å². The Morgan fingerprint density at radius 1 is 1.62 bits per heavy atom. The molecular formula is C11H14O2. The Kier molecular flexibility index (Phi) is 1.81. The van der Waals surface area contributed by atoms with Gasteiger partial charge >= 0.3 is 0 Å². The van der Waals surface area contributed by atoms with E-state index in [1.807, 2.05) is 26.0 Å². The normalized spacial score (nSPS) is 33.5. The molecule has 13 heavy (non-hydrogen) atoms. The number of rotatable bonds is 1. The van der Waals surface area contributed by atoms with Crippen LogP contribution in [0.15, 0.2) is 34.5 Å². The first-order valence-corrected chi connectivity index (χ1v) is 4.54. The molecule has 0 spiro atoms. The molecule has 0 bridgehead atoms. The van der Waals surface area contributed by atoms with Gasteiger partial charge in [-0.1, -0.05) is 11.6 Å². The van der Waals surface area contributed by atoms with E-state index in [1.165, 1.54) is 5.57 Å². The van der Waals surface area contributed by atoms with E-state index >= 15 is 0 Å². The van der Waals surface area contributed by atoms with Crippen molar-refractivity contribution in [3.63, 3.8) is 0 Å². The molecule has 0 saturated heterocycles. The van der Waals surface area contributed by atoms with Crippen LogP contribution < -0.4 is 0 Å². The summed E-state index contributed by atoms with van der Waals surface area (Å²) in [7, 11) is 0. The molecule has 2 atom stereocenters. The standard InChI is InChI=1S/C11H14O2/c1-8-5-6-11(2,12)10(8)9-4-3-7-13-9/h3-5,7,10,12H,6H2,1-2H3/t10-,11+/m0/s1. The van der Waals surface area contributed by atoms with Crippen molar-refractivity contribution < 1.29 is 9.52 Å². The van der Waals surface area contributed by atoms with Crippen molar-refractivity contribution in [2.75, 3.05) is 0 Å². The minimum Gasteiger partial charge on any atom is -0.469 e. The van der Waals surface area contributed by atoms with Crippen molar-refractivity contribution in [3.8, 4) is 0 Å². The van der Waals surface area contributed by atoms with Crippen LogP contribution in [0.5, 0.6) is 0 Å². The Balaban J connectivity index is 2.37. The number of aliphatic hydroxyl groups is 1. The minimum absolute atomic E-state index is 0.0301. The molecule has 0 saturated carbocycles. The van der Waals surface area contributed by atoms with Gasteiger partial charge in [-0.05, 0) is 32.4 Å². The van der Waals surface area contributed by atoms with E-state index in [4.69, 9.17) is 4.42 Å². The zero-order valence-electron chi connectivity index (χ0n) is 7.95. The maximum atomic E-state index is 10.1. The molecule has 1 aliphatic carbocycles. The van der Waals surface area contributed by atoms with Gasteiger partial charge in [-0.15, -0.1) is 0 Å². The first-order chi connectivity index (χ1) is 6.11. The molecular weight excluding hydrogens is 164 g/mol. The predicted molar refractivity (Wildman–Crippen MR) is 50.4 cm³/mol. The second kappa shape index (κ2) is 2.74. The molecule has 1 aromatic heterocycles. The highest BCUT2D eigenvalue weighted by Gasteiger charge is 2.39. The Labute approximate surface area is 77.9 Å². The highest BCUT2D eigenvalue weighted by atomic mass is 16.3. The largest absolute Gasteiger partial charge is 0.469 e. The molecule has 0 radical (unpaired) electrons. The van der Waals surface area contributed by atoms with Gasteiger partial charge in [-0.3, -0.25) is 0 Å². The van der Waals surface area contributed by atoms with Crippen LogP contribution in [-0.4, -0.2) is 10.7 Å². The topological polar surface area (TPSA) is 33.4 Å². The van der Waals surface area contributed by atoms with E-state index in [0.29, 0.717) is 6.42 Å². The van der Waals surface area contributed by atoms with Crippen molar-refractivity contribution >= 4 is 0 Å². The van der Waals surface area contributed by atoms with E-state index < -0.39 is 5.60 Å². The minimum atomic E-state index is -0.679. The maximum absolute atomic E-state index is 10.1. The molecule has 1 aliphatic rings. The molecule has 1 aromatic rings. The summed E-state index contributed by atoms with van der Waals surface area (Å²) in [6.45, 7) is 3.89. The van der Waals surface area contributed by atoms with Gasteiger partial charge in [0.25, 0.3) is 0 Å². The second-order valence-electron chi connectivity index (χ2n) is 3.96. The number of hydrogen-bond acceptors (Lipinski definition) is 2. The fourth-order valence-electron chi connectivity index (χ4n) is 2.08. The van der Waals surface area contributed by atoms with Gasteiger partial charge in [0.05, 0.1) is 17.8 Å². The lowest BCUT2D eigenvalue weighted by atomic mass is 9.87. The van der Waals surface area contributed by atoms with E-state index in [-0.39, 0.29) is 5.92 Å². The molecule has 2 rings (SSSR count). The molecule has 0 aromatic carbocycles. The highest BCUT2D eigenvalue weighted by Crippen LogP contribution is 2.42. The van der Waals surface area contributed by atoms with Crippen LogP contribution in [0.4, 0.5) is 0 Å². The molecule has 0 unspecified atom stereocenters. The van der Waals surface area contributed by atoms with Crippen LogP contribution >= 0.6 is 0 Å². The van der Waals surface area contributed by atoms with Crippen molar-refractivity contribution in [2.45, 2.75) is 31.8 Å². The summed E-state index contributed by atoms with van der Waals surface area (Å²) in [4.78, 5) is 0. The van der Waals surface area contributed by atoms with Gasteiger partial charge in [0, 0.05) is 0 Å². The number of furan rings is 1. The van der Waals surface area contributed by atoms with Gasteiger partial charge in [-0.25, -0.2) is 0 Å². The molecule has 70 valence electrons. The average molecular weight is 178 g/mol. The monoisotopic (exact) mass is 178 g/mol. The number of hydrogen-bond donors (Lipinski definition) is 1. The SMILES string of the molecule is CC1=CC[C@@](C)(O)[C@@H]1c1ccco1. The lowest BCUT2D eigenvalue weighted by Gasteiger charge is -2.25. The van der Waals surface area contributed by atoms with Crippen LogP contribution in [0.2, 0.25) is 0 Å². The van der Waals surface area contributed by atoms with Crippen LogP contribution in [0.3, 0.4) is 0 Å². The molecule has 0 amide bonds. The molecule has 1 heterocycles. The third-order valence-corrected chi connectivity index (χ3v) is 2.74. The Bertz CT molecular complexity index is 320. The molecule has 2 heteroatoms. The molecule has 1 N–H and O–H groups in total. The van der Waals surface area contributed by atoms with Gasteiger partial charge < -0.3 is 9.52 Å². The van der Waals surface area contributed by atoms with Crippen LogP contribution in [0, 0.1) is 0 Å². The first kappa shape index (κ1) is 8.57. The smallest absolute Gasteiger partial charge is 0.113 e. The Morgan fingerprint density at radius 3 is 2.85 bits per heavy atom. The van der Waals surface area contributed by atoms with E-state index in [0.717, 1.165) is 5.76 Å². The zero-order valence-corrected chi connectivity index (χ0v) is 7.95. The summed E-state index contributed by atoms with van der Waals surface area (Å²) >= 11 is 0. The predicted octanol–water partition coefficient (Wildman–Crippen LogP) is 2.46. The Hall–Kier alpha value is -1.02. The molecule has 0 aliphatic heterocycles. The first-order valence-electron chi connectivity index (χ1n) is 4.54.